The molecule has 3 heterocycles. The van der Waals surface area contributed by atoms with Crippen LogP contribution in [0.5, 0.6) is 0 Å². The van der Waals surface area contributed by atoms with E-state index in [4.69, 9.17) is 4.74 Å². The van der Waals surface area contributed by atoms with E-state index in [1.165, 1.54) is 4.68 Å². The van der Waals surface area contributed by atoms with Crippen LogP contribution in [-0.4, -0.2) is 90.2 Å². The maximum absolute atomic E-state index is 13.1. The second-order valence-corrected chi connectivity index (χ2v) is 9.74. The van der Waals surface area contributed by atoms with Gasteiger partial charge in [-0.3, -0.25) is 24.6 Å². The number of ketones is 2. The minimum atomic E-state index is -0.420. The predicted octanol–water partition coefficient (Wildman–Crippen LogP) is 0.859. The Labute approximate surface area is 223 Å². The van der Waals surface area contributed by atoms with Crippen molar-refractivity contribution in [3.8, 4) is 0 Å². The van der Waals surface area contributed by atoms with Crippen LogP contribution in [0.2, 0.25) is 0 Å². The van der Waals surface area contributed by atoms with E-state index in [2.05, 4.69) is 14.9 Å². The zero-order chi connectivity index (χ0) is 27.1. The summed E-state index contributed by atoms with van der Waals surface area (Å²) in [6, 6.07) is 11.8. The SMILES string of the molecule is O=C1c2ccccc2C(=O)c2c1n[n+]([O-])n2CCN1CCN(c2ccc([N+](=O)[O-])c(N3CCOCC3)c2)CC1. The van der Waals surface area contributed by atoms with Gasteiger partial charge in [0.2, 0.25) is 17.3 Å². The molecule has 2 fully saturated rings. The molecule has 0 atom stereocenters. The summed E-state index contributed by atoms with van der Waals surface area (Å²) in [5.41, 5.74) is 2.09. The Bertz CT molecular complexity index is 1460. The highest BCUT2D eigenvalue weighted by Crippen LogP contribution is 2.33. The molecule has 6 rings (SSSR count). The van der Waals surface area contributed by atoms with Gasteiger partial charge in [0, 0.05) is 78.8 Å². The number of morpholine rings is 1. The highest BCUT2D eigenvalue weighted by molar-refractivity contribution is 6.26. The van der Waals surface area contributed by atoms with Gasteiger partial charge in [-0.1, -0.05) is 24.3 Å². The summed E-state index contributed by atoms with van der Waals surface area (Å²) in [7, 11) is 0. The molecule has 2 saturated heterocycles. The fourth-order valence-corrected chi connectivity index (χ4v) is 5.49. The molecule has 0 saturated carbocycles. The van der Waals surface area contributed by atoms with Crippen molar-refractivity contribution in [3.63, 3.8) is 0 Å². The van der Waals surface area contributed by atoms with Gasteiger partial charge in [0.1, 0.15) is 5.69 Å². The molecule has 1 aliphatic carbocycles. The van der Waals surface area contributed by atoms with E-state index >= 15 is 0 Å². The first-order valence-corrected chi connectivity index (χ1v) is 12.9. The van der Waals surface area contributed by atoms with Crippen molar-refractivity contribution < 1.29 is 24.2 Å². The van der Waals surface area contributed by atoms with E-state index in [9.17, 15) is 24.9 Å². The second kappa shape index (κ2) is 10.1. The average molecular weight is 534 g/mol. The van der Waals surface area contributed by atoms with Gasteiger partial charge in [-0.15, -0.1) is 4.68 Å². The van der Waals surface area contributed by atoms with E-state index in [-0.39, 0.29) is 45.5 Å². The molecule has 0 radical (unpaired) electrons. The minimum absolute atomic E-state index is 0.0360. The molecule has 0 amide bonds. The normalized spacial score (nSPS) is 17.7. The van der Waals surface area contributed by atoms with Crippen LogP contribution in [0.1, 0.15) is 32.1 Å². The van der Waals surface area contributed by atoms with E-state index in [1.807, 2.05) is 11.0 Å². The van der Waals surface area contributed by atoms with Crippen LogP contribution in [-0.2, 0) is 11.3 Å². The smallest absolute Gasteiger partial charge is 0.292 e. The molecular weight excluding hydrogens is 506 g/mol. The van der Waals surface area contributed by atoms with E-state index in [0.29, 0.717) is 69.7 Å². The van der Waals surface area contributed by atoms with Crippen molar-refractivity contribution in [3.05, 3.63) is 80.3 Å². The molecule has 1 aromatic heterocycles. The molecule has 39 heavy (non-hydrogen) atoms. The quantitative estimate of drug-likeness (QED) is 0.152. The van der Waals surface area contributed by atoms with Gasteiger partial charge in [-0.2, -0.15) is 0 Å². The van der Waals surface area contributed by atoms with E-state index in [0.717, 1.165) is 5.69 Å². The van der Waals surface area contributed by atoms with Crippen LogP contribution in [0.15, 0.2) is 42.5 Å². The summed E-state index contributed by atoms with van der Waals surface area (Å²) in [5.74, 6) is -0.793. The zero-order valence-corrected chi connectivity index (χ0v) is 21.2. The Morgan fingerprint density at radius 3 is 2.28 bits per heavy atom. The maximum atomic E-state index is 13.1. The first-order valence-electron chi connectivity index (χ1n) is 12.9. The predicted molar refractivity (Wildman–Crippen MR) is 139 cm³/mol. The number of rotatable bonds is 6. The number of hydrogen-bond donors (Lipinski definition) is 0. The molecular formula is C26H27N7O6. The van der Waals surface area contributed by atoms with Crippen LogP contribution >= 0.6 is 0 Å². The third kappa shape index (κ3) is 4.49. The molecule has 2 aliphatic heterocycles. The Morgan fingerprint density at radius 1 is 0.897 bits per heavy atom. The van der Waals surface area contributed by atoms with Crippen molar-refractivity contribution in [2.45, 2.75) is 6.54 Å². The minimum Gasteiger partial charge on any atom is -0.571 e. The lowest BCUT2D eigenvalue weighted by atomic mass is 9.90. The lowest BCUT2D eigenvalue weighted by Gasteiger charge is -2.36. The monoisotopic (exact) mass is 533 g/mol. The number of aromatic nitrogens is 3. The summed E-state index contributed by atoms with van der Waals surface area (Å²) in [5, 5.41) is 28.0. The van der Waals surface area contributed by atoms with Crippen molar-refractivity contribution in [2.75, 3.05) is 68.8 Å². The summed E-state index contributed by atoms with van der Waals surface area (Å²) in [6.45, 7) is 5.81. The van der Waals surface area contributed by atoms with E-state index < -0.39 is 5.78 Å². The zero-order valence-electron chi connectivity index (χ0n) is 21.2. The Kier molecular flexibility index (Phi) is 6.45. The van der Waals surface area contributed by atoms with Gasteiger partial charge in [-0.05, 0) is 12.1 Å². The fourth-order valence-electron chi connectivity index (χ4n) is 5.49. The van der Waals surface area contributed by atoms with Crippen molar-refractivity contribution >= 4 is 28.6 Å². The van der Waals surface area contributed by atoms with E-state index in [1.54, 1.807) is 36.4 Å². The summed E-state index contributed by atoms with van der Waals surface area (Å²) >= 11 is 0. The van der Waals surface area contributed by atoms with Crippen LogP contribution in [0.4, 0.5) is 17.1 Å². The first-order chi connectivity index (χ1) is 18.9. The molecule has 202 valence electrons. The number of nitro benzene ring substituents is 1. The Hall–Kier alpha value is -4.36. The summed E-state index contributed by atoms with van der Waals surface area (Å²) in [4.78, 5) is 43.9. The van der Waals surface area contributed by atoms with Gasteiger partial charge in [0.05, 0.1) is 24.7 Å². The molecule has 2 aromatic carbocycles. The van der Waals surface area contributed by atoms with Crippen molar-refractivity contribution in [2.24, 2.45) is 0 Å². The van der Waals surface area contributed by atoms with Crippen LogP contribution < -0.4 is 14.8 Å². The maximum Gasteiger partial charge on any atom is 0.292 e. The number of carbonyl (C=O) groups is 2. The van der Waals surface area contributed by atoms with Gasteiger partial charge in [0.25, 0.3) is 5.69 Å². The number of ether oxygens (including phenoxy) is 1. The number of benzene rings is 2. The van der Waals surface area contributed by atoms with Gasteiger partial charge in [-0.25, -0.2) is 0 Å². The molecule has 0 bridgehead atoms. The number of piperazine rings is 1. The topological polar surface area (TPSA) is 141 Å². The van der Waals surface area contributed by atoms with Gasteiger partial charge in [0.15, 0.2) is 5.69 Å². The number of anilines is 2. The summed E-state index contributed by atoms with van der Waals surface area (Å²) in [6.07, 6.45) is 0. The first kappa shape index (κ1) is 24.9. The molecule has 13 nitrogen and oxygen atoms in total. The van der Waals surface area contributed by atoms with Gasteiger partial charge >= 0.3 is 0 Å². The lowest BCUT2D eigenvalue weighted by molar-refractivity contribution is -0.749. The largest absolute Gasteiger partial charge is 0.571 e. The lowest BCUT2D eigenvalue weighted by Crippen LogP contribution is -2.49. The summed E-state index contributed by atoms with van der Waals surface area (Å²) < 4.78 is 6.64. The number of nitrogens with zero attached hydrogens (tertiary/aromatic N) is 7. The number of hydrogen-bond acceptors (Lipinski definition) is 10. The molecule has 0 spiro atoms. The Morgan fingerprint density at radius 2 is 1.59 bits per heavy atom. The van der Waals surface area contributed by atoms with Gasteiger partial charge < -0.3 is 19.7 Å². The molecule has 3 aliphatic rings. The average Bonchev–Trinajstić information content (AvgIpc) is 3.31. The number of fused-ring (bicyclic) bond motifs is 2. The Balaban J connectivity index is 1.13. The second-order valence-electron chi connectivity index (χ2n) is 9.74. The molecule has 3 aromatic rings. The van der Waals surface area contributed by atoms with Crippen molar-refractivity contribution in [1.29, 1.82) is 0 Å². The molecule has 0 N–H and O–H groups in total. The third-order valence-electron chi connectivity index (χ3n) is 7.59. The third-order valence-corrected chi connectivity index (χ3v) is 7.59. The number of nitro groups is 1. The number of carbonyl (C=O) groups excluding carboxylic acids is 2. The molecule has 13 heteroatoms. The van der Waals surface area contributed by atoms with Crippen LogP contribution in [0.3, 0.4) is 0 Å². The highest BCUT2D eigenvalue weighted by Gasteiger charge is 2.39. The van der Waals surface area contributed by atoms with Crippen molar-refractivity contribution in [1.82, 2.24) is 14.7 Å². The fraction of sp³-hybridized carbons (Fsp3) is 0.385. The van der Waals surface area contributed by atoms with Crippen LogP contribution in [0, 0.1) is 15.3 Å². The highest BCUT2D eigenvalue weighted by atomic mass is 16.6. The standard InChI is InChI=1S/C26H27N7O6/c34-25-19-3-1-2-4-20(19)26(35)24-23(25)27-33(38)31(24)12-9-28-7-10-29(11-8-28)18-5-6-21(32(36)37)22(17-18)30-13-15-39-16-14-30/h1-6,17H,7-16H2. The van der Waals surface area contributed by atoms with Crippen LogP contribution in [0.25, 0.3) is 0 Å². The molecule has 0 unspecified atom stereocenters.